The Bertz CT molecular complexity index is 634. The maximum absolute atomic E-state index is 12.1. The number of amides is 1. The van der Waals surface area contributed by atoms with Crippen molar-refractivity contribution in [3.63, 3.8) is 0 Å². The van der Waals surface area contributed by atoms with E-state index in [1.54, 1.807) is 12.6 Å². The standard InChI is InChI=1S/C19H34N6O2S.HI/c1-14(2)11-16(25-7-9-27-10-8-25)12-23-19(20-4)22-6-5-21-18(26)17-15(3)24-13-28-17;/h13-14,16H,5-12H2,1-4H3,(H,21,26)(H2,20,22,23);1H. The van der Waals surface area contributed by atoms with E-state index in [1.807, 2.05) is 6.92 Å². The summed E-state index contributed by atoms with van der Waals surface area (Å²) in [5, 5.41) is 9.61. The topological polar surface area (TPSA) is 90.9 Å². The Morgan fingerprint density at radius 3 is 2.55 bits per heavy atom. The molecule has 10 heteroatoms. The molecule has 3 N–H and O–H groups in total. The van der Waals surface area contributed by atoms with Gasteiger partial charge < -0.3 is 20.7 Å². The van der Waals surface area contributed by atoms with Gasteiger partial charge >= 0.3 is 0 Å². The van der Waals surface area contributed by atoms with Crippen LogP contribution in [0.1, 0.15) is 35.6 Å². The Morgan fingerprint density at radius 2 is 1.97 bits per heavy atom. The van der Waals surface area contributed by atoms with Crippen molar-refractivity contribution in [3.8, 4) is 0 Å². The van der Waals surface area contributed by atoms with Crippen LogP contribution in [0.3, 0.4) is 0 Å². The van der Waals surface area contributed by atoms with Gasteiger partial charge in [-0.2, -0.15) is 0 Å². The molecule has 2 heterocycles. The minimum absolute atomic E-state index is 0. The summed E-state index contributed by atoms with van der Waals surface area (Å²) in [7, 11) is 1.76. The molecule has 1 aromatic rings. The molecule has 1 atom stereocenters. The van der Waals surface area contributed by atoms with Crippen molar-refractivity contribution in [3.05, 3.63) is 16.1 Å². The molecule has 1 aromatic heterocycles. The number of thiazole rings is 1. The van der Waals surface area contributed by atoms with Crippen LogP contribution in [0.2, 0.25) is 0 Å². The first kappa shape index (κ1) is 26.1. The van der Waals surface area contributed by atoms with Crippen LogP contribution in [-0.2, 0) is 4.74 Å². The molecule has 0 bridgehead atoms. The number of nitrogens with zero attached hydrogens (tertiary/aromatic N) is 3. The van der Waals surface area contributed by atoms with Crippen LogP contribution >= 0.6 is 35.3 Å². The zero-order chi connectivity index (χ0) is 20.4. The summed E-state index contributed by atoms with van der Waals surface area (Å²) in [5.41, 5.74) is 2.46. The maximum atomic E-state index is 12.1. The Hall–Kier alpha value is -0.980. The fraction of sp³-hybridized carbons (Fsp3) is 0.737. The molecular formula is C19H35IN6O2S. The van der Waals surface area contributed by atoms with Gasteiger partial charge in [-0.3, -0.25) is 14.7 Å². The first-order valence-electron chi connectivity index (χ1n) is 9.95. The van der Waals surface area contributed by atoms with Gasteiger partial charge in [-0.1, -0.05) is 13.8 Å². The molecule has 1 aliphatic heterocycles. The number of hydrogen-bond acceptors (Lipinski definition) is 6. The summed E-state index contributed by atoms with van der Waals surface area (Å²) >= 11 is 1.36. The number of morpholine rings is 1. The quantitative estimate of drug-likeness (QED) is 0.192. The van der Waals surface area contributed by atoms with Crippen LogP contribution in [0.15, 0.2) is 10.5 Å². The summed E-state index contributed by atoms with van der Waals surface area (Å²) < 4.78 is 5.48. The van der Waals surface area contributed by atoms with Gasteiger partial charge in [0.05, 0.1) is 24.4 Å². The Balaban J connectivity index is 0.00000420. The summed E-state index contributed by atoms with van der Waals surface area (Å²) in [4.78, 5) is 23.7. The molecule has 0 spiro atoms. The predicted octanol–water partition coefficient (Wildman–Crippen LogP) is 1.71. The van der Waals surface area contributed by atoms with Crippen molar-refractivity contribution in [1.29, 1.82) is 0 Å². The molecule has 166 valence electrons. The fourth-order valence-corrected chi connectivity index (χ4v) is 3.96. The number of halogens is 1. The molecule has 0 aromatic carbocycles. The number of aliphatic imine (C=N–C) groups is 1. The minimum atomic E-state index is -0.0749. The molecule has 1 aliphatic rings. The molecular weight excluding hydrogens is 503 g/mol. The highest BCUT2D eigenvalue weighted by molar-refractivity contribution is 14.0. The molecule has 0 radical (unpaired) electrons. The molecule has 8 nitrogen and oxygen atoms in total. The van der Waals surface area contributed by atoms with Crippen LogP contribution in [-0.4, -0.2) is 80.8 Å². The molecule has 2 rings (SSSR count). The SMILES string of the molecule is CN=C(NCCNC(=O)c1scnc1C)NCC(CC(C)C)N1CCOCC1.I. The third-order valence-corrected chi connectivity index (χ3v) is 5.62. The number of aromatic nitrogens is 1. The van der Waals surface area contributed by atoms with E-state index in [9.17, 15) is 4.79 Å². The average molecular weight is 539 g/mol. The van der Waals surface area contributed by atoms with E-state index in [0.29, 0.717) is 29.9 Å². The number of guanidine groups is 1. The zero-order valence-electron chi connectivity index (χ0n) is 17.9. The van der Waals surface area contributed by atoms with Gasteiger partial charge in [0.25, 0.3) is 5.91 Å². The number of hydrogen-bond donors (Lipinski definition) is 3. The van der Waals surface area contributed by atoms with E-state index in [-0.39, 0.29) is 29.9 Å². The largest absolute Gasteiger partial charge is 0.379 e. The molecule has 1 amide bonds. The van der Waals surface area contributed by atoms with Gasteiger partial charge in [-0.05, 0) is 19.3 Å². The van der Waals surface area contributed by atoms with Crippen molar-refractivity contribution >= 4 is 47.2 Å². The molecule has 1 saturated heterocycles. The van der Waals surface area contributed by atoms with E-state index >= 15 is 0 Å². The monoisotopic (exact) mass is 538 g/mol. The number of ether oxygens (including phenoxy) is 1. The lowest BCUT2D eigenvalue weighted by molar-refractivity contribution is 0.0132. The van der Waals surface area contributed by atoms with Crippen molar-refractivity contribution in [2.75, 3.05) is 53.0 Å². The van der Waals surface area contributed by atoms with Crippen molar-refractivity contribution in [1.82, 2.24) is 25.8 Å². The van der Waals surface area contributed by atoms with Crippen molar-refractivity contribution < 1.29 is 9.53 Å². The lowest BCUT2D eigenvalue weighted by Crippen LogP contribution is -2.51. The van der Waals surface area contributed by atoms with Crippen molar-refractivity contribution in [2.45, 2.75) is 33.2 Å². The second-order valence-electron chi connectivity index (χ2n) is 7.33. The summed E-state index contributed by atoms with van der Waals surface area (Å²) in [6.45, 7) is 11.9. The van der Waals surface area contributed by atoms with E-state index in [1.165, 1.54) is 11.3 Å². The van der Waals surface area contributed by atoms with Gasteiger partial charge in [0.15, 0.2) is 5.96 Å². The van der Waals surface area contributed by atoms with E-state index in [0.717, 1.165) is 50.9 Å². The first-order chi connectivity index (χ1) is 13.5. The van der Waals surface area contributed by atoms with Crippen LogP contribution in [0.4, 0.5) is 0 Å². The van der Waals surface area contributed by atoms with Gasteiger partial charge in [-0.15, -0.1) is 35.3 Å². The highest BCUT2D eigenvalue weighted by Crippen LogP contribution is 2.13. The minimum Gasteiger partial charge on any atom is -0.379 e. The van der Waals surface area contributed by atoms with Crippen LogP contribution in [0.5, 0.6) is 0 Å². The Morgan fingerprint density at radius 1 is 1.28 bits per heavy atom. The number of rotatable bonds is 9. The van der Waals surface area contributed by atoms with Crippen molar-refractivity contribution in [2.24, 2.45) is 10.9 Å². The Kier molecular flexibility index (Phi) is 12.7. The van der Waals surface area contributed by atoms with Crippen LogP contribution in [0.25, 0.3) is 0 Å². The van der Waals surface area contributed by atoms with E-state index in [4.69, 9.17) is 4.74 Å². The fourth-order valence-electron chi connectivity index (χ4n) is 3.24. The van der Waals surface area contributed by atoms with Crippen LogP contribution in [0, 0.1) is 12.8 Å². The predicted molar refractivity (Wildman–Crippen MR) is 130 cm³/mol. The number of carbonyl (C=O) groups is 1. The lowest BCUT2D eigenvalue weighted by Gasteiger charge is -2.35. The van der Waals surface area contributed by atoms with Gasteiger partial charge in [-0.25, -0.2) is 4.98 Å². The molecule has 0 aliphatic carbocycles. The van der Waals surface area contributed by atoms with Gasteiger partial charge in [0.1, 0.15) is 4.88 Å². The van der Waals surface area contributed by atoms with Gasteiger partial charge in [0.2, 0.25) is 0 Å². The molecule has 29 heavy (non-hydrogen) atoms. The third kappa shape index (κ3) is 9.14. The lowest BCUT2D eigenvalue weighted by atomic mass is 10.0. The molecule has 0 saturated carbocycles. The molecule has 1 unspecified atom stereocenters. The normalized spacial score (nSPS) is 16.2. The van der Waals surface area contributed by atoms with E-state index < -0.39 is 0 Å². The van der Waals surface area contributed by atoms with Gasteiger partial charge in [0, 0.05) is 45.8 Å². The summed E-state index contributed by atoms with van der Waals surface area (Å²) in [5.74, 6) is 1.31. The summed E-state index contributed by atoms with van der Waals surface area (Å²) in [6.07, 6.45) is 1.13. The third-order valence-electron chi connectivity index (χ3n) is 4.69. The zero-order valence-corrected chi connectivity index (χ0v) is 21.0. The van der Waals surface area contributed by atoms with E-state index in [2.05, 4.69) is 44.7 Å². The maximum Gasteiger partial charge on any atom is 0.263 e. The highest BCUT2D eigenvalue weighted by atomic mass is 127. The smallest absolute Gasteiger partial charge is 0.263 e. The summed E-state index contributed by atoms with van der Waals surface area (Å²) in [6, 6.07) is 0.455. The second kappa shape index (κ2) is 14.1. The second-order valence-corrected chi connectivity index (χ2v) is 8.19. The Labute approximate surface area is 195 Å². The number of carbonyl (C=O) groups excluding carboxylic acids is 1. The first-order valence-corrected chi connectivity index (χ1v) is 10.8. The highest BCUT2D eigenvalue weighted by Gasteiger charge is 2.22. The van der Waals surface area contributed by atoms with Crippen LogP contribution < -0.4 is 16.0 Å². The number of aryl methyl sites for hydroxylation is 1. The molecule has 1 fully saturated rings. The average Bonchev–Trinajstić information content (AvgIpc) is 3.12. The number of nitrogens with one attached hydrogen (secondary N) is 3.